The summed E-state index contributed by atoms with van der Waals surface area (Å²) in [6, 6.07) is 0. The van der Waals surface area contributed by atoms with Crippen molar-refractivity contribution in [2.45, 2.75) is 25.5 Å². The highest BCUT2D eigenvalue weighted by atomic mass is 32.2. The molecule has 1 N–H and O–H groups in total. The number of rotatable bonds is 6. The number of sulfone groups is 1. The molecule has 0 aromatic carbocycles. The van der Waals surface area contributed by atoms with Gasteiger partial charge in [-0.05, 0) is 34.9 Å². The molecule has 0 rings (SSSR count). The summed E-state index contributed by atoms with van der Waals surface area (Å²) in [4.78, 5) is 2.03. The second-order valence-corrected chi connectivity index (χ2v) is 7.70. The van der Waals surface area contributed by atoms with Crippen LogP contribution in [0.15, 0.2) is 0 Å². The van der Waals surface area contributed by atoms with Gasteiger partial charge in [-0.15, -0.1) is 0 Å². The molecule has 0 unspecified atom stereocenters. The predicted molar refractivity (Wildman–Crippen MR) is 65.0 cm³/mol. The maximum absolute atomic E-state index is 11.8. The third kappa shape index (κ3) is 5.49. The van der Waals surface area contributed by atoms with E-state index in [2.05, 4.69) is 5.32 Å². The zero-order valence-corrected chi connectivity index (χ0v) is 11.3. The van der Waals surface area contributed by atoms with Crippen LogP contribution in [0.5, 0.6) is 0 Å². The first-order chi connectivity index (χ1) is 6.70. The Morgan fingerprint density at radius 3 is 2.13 bits per heavy atom. The summed E-state index contributed by atoms with van der Waals surface area (Å²) in [7, 11) is 0.849. The van der Waals surface area contributed by atoms with E-state index in [1.54, 1.807) is 20.8 Å². The van der Waals surface area contributed by atoms with Crippen LogP contribution in [0, 0.1) is 0 Å². The maximum atomic E-state index is 11.8. The predicted octanol–water partition coefficient (Wildman–Crippen LogP) is 0.351. The first kappa shape index (κ1) is 14.9. The van der Waals surface area contributed by atoms with Crippen molar-refractivity contribution in [1.29, 1.82) is 0 Å². The summed E-state index contributed by atoms with van der Waals surface area (Å²) in [5.41, 5.74) is 0. The van der Waals surface area contributed by atoms with Gasteiger partial charge in [-0.1, -0.05) is 0 Å². The number of hydrogen-bond acceptors (Lipinski definition) is 4. The fourth-order valence-electron chi connectivity index (χ4n) is 0.997. The zero-order valence-electron chi connectivity index (χ0n) is 10.5. The molecule has 0 aliphatic carbocycles. The van der Waals surface area contributed by atoms with Crippen LogP contribution in [-0.2, 0) is 9.84 Å². The Bertz CT molecular complexity index is 268. The van der Waals surface area contributed by atoms with Gasteiger partial charge in [0.25, 0.3) is 0 Å². The molecule has 0 saturated carbocycles. The molecule has 5 heteroatoms. The van der Waals surface area contributed by atoms with Crippen LogP contribution < -0.4 is 5.32 Å². The second-order valence-electron chi connectivity index (χ2n) is 4.84. The summed E-state index contributed by atoms with van der Waals surface area (Å²) in [5.74, 6) is 0.233. The highest BCUT2D eigenvalue weighted by Gasteiger charge is 2.28. The molecule has 0 heterocycles. The third-order valence-corrected chi connectivity index (χ3v) is 5.00. The van der Waals surface area contributed by atoms with Gasteiger partial charge in [0.15, 0.2) is 9.84 Å². The molecule has 0 spiro atoms. The molecule has 0 aromatic rings. The van der Waals surface area contributed by atoms with Crippen molar-refractivity contribution in [3.8, 4) is 0 Å². The molecule has 15 heavy (non-hydrogen) atoms. The van der Waals surface area contributed by atoms with Crippen molar-refractivity contribution in [2.75, 3.05) is 39.5 Å². The van der Waals surface area contributed by atoms with Crippen molar-refractivity contribution >= 4 is 9.84 Å². The summed E-state index contributed by atoms with van der Waals surface area (Å²) >= 11 is 0. The quantitative estimate of drug-likeness (QED) is 0.723. The van der Waals surface area contributed by atoms with Gasteiger partial charge in [-0.2, -0.15) is 0 Å². The number of nitrogens with one attached hydrogen (secondary N) is 1. The van der Waals surface area contributed by atoms with Gasteiger partial charge >= 0.3 is 0 Å². The van der Waals surface area contributed by atoms with E-state index in [-0.39, 0.29) is 5.75 Å². The zero-order chi connectivity index (χ0) is 12.1. The monoisotopic (exact) mass is 236 g/mol. The first-order valence-corrected chi connectivity index (χ1v) is 6.91. The Morgan fingerprint density at radius 2 is 1.73 bits per heavy atom. The van der Waals surface area contributed by atoms with Crippen LogP contribution >= 0.6 is 0 Å². The van der Waals surface area contributed by atoms with E-state index < -0.39 is 14.6 Å². The molecular formula is C10H24N2O2S. The van der Waals surface area contributed by atoms with E-state index in [4.69, 9.17) is 0 Å². The minimum Gasteiger partial charge on any atom is -0.318 e. The number of hydrogen-bond donors (Lipinski definition) is 1. The average molecular weight is 236 g/mol. The highest BCUT2D eigenvalue weighted by molar-refractivity contribution is 7.92. The lowest BCUT2D eigenvalue weighted by Gasteiger charge is -2.22. The van der Waals surface area contributed by atoms with E-state index >= 15 is 0 Å². The first-order valence-electron chi connectivity index (χ1n) is 5.26. The summed E-state index contributed by atoms with van der Waals surface area (Å²) in [6.45, 7) is 7.59. The Morgan fingerprint density at radius 1 is 1.20 bits per heavy atom. The summed E-state index contributed by atoms with van der Waals surface area (Å²) in [6.07, 6.45) is 0. The molecule has 0 aromatic heterocycles. The lowest BCUT2D eigenvalue weighted by molar-refractivity contribution is 0.353. The highest BCUT2D eigenvalue weighted by Crippen LogP contribution is 2.15. The number of nitrogens with zero attached hydrogens (tertiary/aromatic N) is 1. The largest absolute Gasteiger partial charge is 0.318 e. The van der Waals surface area contributed by atoms with E-state index in [1.807, 2.05) is 19.0 Å². The SMILES string of the molecule is CNCCN(C)CCS(=O)(=O)C(C)(C)C. The fourth-order valence-corrected chi connectivity index (χ4v) is 2.16. The summed E-state index contributed by atoms with van der Waals surface area (Å²) in [5, 5.41) is 3.03. The van der Waals surface area contributed by atoms with Gasteiger partial charge in [0.1, 0.15) is 0 Å². The molecule has 0 radical (unpaired) electrons. The fraction of sp³-hybridized carbons (Fsp3) is 1.00. The van der Waals surface area contributed by atoms with E-state index in [1.165, 1.54) is 0 Å². The van der Waals surface area contributed by atoms with Gasteiger partial charge in [0.05, 0.1) is 10.5 Å². The van der Waals surface area contributed by atoms with Crippen molar-refractivity contribution in [3.05, 3.63) is 0 Å². The van der Waals surface area contributed by atoms with Crippen molar-refractivity contribution in [1.82, 2.24) is 10.2 Å². The molecular weight excluding hydrogens is 212 g/mol. The molecule has 0 saturated heterocycles. The Balaban J connectivity index is 4.06. The standard InChI is InChI=1S/C10H24N2O2S/c1-10(2,3)15(13,14)9-8-12(5)7-6-11-4/h11H,6-9H2,1-5H3. The third-order valence-electron chi connectivity index (χ3n) is 2.42. The lowest BCUT2D eigenvalue weighted by atomic mass is 10.3. The molecule has 4 nitrogen and oxygen atoms in total. The Labute approximate surface area is 94.0 Å². The lowest BCUT2D eigenvalue weighted by Crippen LogP contribution is -2.37. The molecule has 0 amide bonds. The van der Waals surface area contributed by atoms with E-state index in [0.29, 0.717) is 6.54 Å². The average Bonchev–Trinajstić information content (AvgIpc) is 2.09. The van der Waals surface area contributed by atoms with Crippen LogP contribution in [-0.4, -0.2) is 57.5 Å². The molecule has 0 aliphatic rings. The van der Waals surface area contributed by atoms with Crippen LogP contribution in [0.3, 0.4) is 0 Å². The van der Waals surface area contributed by atoms with E-state index in [9.17, 15) is 8.42 Å². The minimum absolute atomic E-state index is 0.233. The van der Waals surface area contributed by atoms with Gasteiger partial charge in [0.2, 0.25) is 0 Å². The van der Waals surface area contributed by atoms with Gasteiger partial charge in [0, 0.05) is 19.6 Å². The van der Waals surface area contributed by atoms with Gasteiger partial charge in [-0.3, -0.25) is 0 Å². The molecule has 0 atom stereocenters. The molecule has 0 bridgehead atoms. The molecule has 92 valence electrons. The van der Waals surface area contributed by atoms with Crippen LogP contribution in [0.2, 0.25) is 0 Å². The normalized spacial score (nSPS) is 13.5. The molecule has 0 aliphatic heterocycles. The summed E-state index contributed by atoms with van der Waals surface area (Å²) < 4.78 is 22.9. The van der Waals surface area contributed by atoms with Gasteiger partial charge < -0.3 is 10.2 Å². The minimum atomic E-state index is -2.98. The maximum Gasteiger partial charge on any atom is 0.156 e. The van der Waals surface area contributed by atoms with Crippen LogP contribution in [0.4, 0.5) is 0 Å². The second kappa shape index (κ2) is 5.82. The van der Waals surface area contributed by atoms with Crippen molar-refractivity contribution < 1.29 is 8.42 Å². The van der Waals surface area contributed by atoms with Gasteiger partial charge in [-0.25, -0.2) is 8.42 Å². The van der Waals surface area contributed by atoms with Crippen molar-refractivity contribution in [2.24, 2.45) is 0 Å². The van der Waals surface area contributed by atoms with E-state index in [0.717, 1.165) is 13.1 Å². The molecule has 0 fully saturated rings. The topological polar surface area (TPSA) is 49.4 Å². The van der Waals surface area contributed by atoms with Crippen molar-refractivity contribution in [3.63, 3.8) is 0 Å². The van der Waals surface area contributed by atoms with Crippen LogP contribution in [0.1, 0.15) is 20.8 Å². The smallest absolute Gasteiger partial charge is 0.156 e. The number of likely N-dealkylation sites (N-methyl/N-ethyl adjacent to an activating group) is 2. The Hall–Kier alpha value is -0.130. The Kier molecular flexibility index (Phi) is 5.77. The van der Waals surface area contributed by atoms with Crippen LogP contribution in [0.25, 0.3) is 0 Å².